The normalized spacial score (nSPS) is 11.8. The van der Waals surface area contributed by atoms with Crippen LogP contribution in [0.4, 0.5) is 0 Å². The third-order valence-electron chi connectivity index (χ3n) is 1.32. The van der Waals surface area contributed by atoms with Crippen LogP contribution in [0.2, 0.25) is 0 Å². The van der Waals surface area contributed by atoms with E-state index in [2.05, 4.69) is 0 Å². The van der Waals surface area contributed by atoms with Gasteiger partial charge in [0.1, 0.15) is 12.4 Å². The van der Waals surface area contributed by atoms with Crippen molar-refractivity contribution in [1.82, 2.24) is 4.57 Å². The Balaban J connectivity index is 2.81. The number of allylic oxidation sites excluding steroid dienone is 2. The van der Waals surface area contributed by atoms with E-state index in [1.54, 1.807) is 0 Å². The highest BCUT2D eigenvalue weighted by Crippen LogP contribution is 1.85. The Hall–Kier alpha value is -1.31. The number of hydrogen-bond acceptors (Lipinski definition) is 0. The van der Waals surface area contributed by atoms with E-state index < -0.39 is 0 Å². The highest BCUT2D eigenvalue weighted by Gasteiger charge is 1.94. The van der Waals surface area contributed by atoms with Crippen molar-refractivity contribution in [2.45, 2.75) is 13.8 Å². The summed E-state index contributed by atoms with van der Waals surface area (Å²) in [7, 11) is 0. The van der Waals surface area contributed by atoms with Crippen molar-refractivity contribution in [3.63, 3.8) is 0 Å². The Kier molecular flexibility index (Phi) is 2.66. The summed E-state index contributed by atoms with van der Waals surface area (Å²) >= 11 is 0. The molecule has 0 aromatic carbocycles. The SMILES string of the molecule is CC=Cn1cc[n+](C=CC)c1. The maximum absolute atomic E-state index is 2.00. The van der Waals surface area contributed by atoms with Crippen molar-refractivity contribution in [3.8, 4) is 0 Å². The van der Waals surface area contributed by atoms with E-state index in [0.717, 1.165) is 0 Å². The maximum Gasteiger partial charge on any atom is 0.253 e. The first-order valence-corrected chi connectivity index (χ1v) is 3.70. The summed E-state index contributed by atoms with van der Waals surface area (Å²) in [6.07, 6.45) is 14.0. The number of aromatic nitrogens is 2. The second-order valence-corrected chi connectivity index (χ2v) is 2.27. The molecule has 0 saturated carbocycles. The standard InChI is InChI=1S/C9H13N2/c1-3-5-10-7-8-11(9-10)6-4-2/h3-9H,1-2H3/q+1. The first-order chi connectivity index (χ1) is 5.36. The summed E-state index contributed by atoms with van der Waals surface area (Å²) in [5.41, 5.74) is 0. The minimum Gasteiger partial charge on any atom is -0.209 e. The lowest BCUT2D eigenvalue weighted by atomic mass is 10.7. The average molecular weight is 149 g/mol. The van der Waals surface area contributed by atoms with Crippen molar-refractivity contribution >= 4 is 12.4 Å². The van der Waals surface area contributed by atoms with Gasteiger partial charge < -0.3 is 0 Å². The number of imidazole rings is 1. The molecule has 0 spiro atoms. The van der Waals surface area contributed by atoms with E-state index in [1.165, 1.54) is 0 Å². The van der Waals surface area contributed by atoms with Gasteiger partial charge in [0.2, 0.25) is 0 Å². The Bertz CT molecular complexity index is 242. The van der Waals surface area contributed by atoms with Gasteiger partial charge in [-0.25, -0.2) is 9.13 Å². The van der Waals surface area contributed by atoms with Crippen molar-refractivity contribution in [1.29, 1.82) is 0 Å². The second-order valence-electron chi connectivity index (χ2n) is 2.27. The fourth-order valence-corrected chi connectivity index (χ4v) is 0.906. The monoisotopic (exact) mass is 149 g/mol. The number of nitrogens with zero attached hydrogens (tertiary/aromatic N) is 2. The van der Waals surface area contributed by atoms with E-state index in [4.69, 9.17) is 0 Å². The van der Waals surface area contributed by atoms with Crippen LogP contribution < -0.4 is 4.57 Å². The van der Waals surface area contributed by atoms with Crippen LogP contribution in [0.3, 0.4) is 0 Å². The van der Waals surface area contributed by atoms with E-state index >= 15 is 0 Å². The molecule has 0 amide bonds. The highest BCUT2D eigenvalue weighted by atomic mass is 15.1. The smallest absolute Gasteiger partial charge is 0.209 e. The Morgan fingerprint density at radius 2 is 2.09 bits per heavy atom. The zero-order valence-corrected chi connectivity index (χ0v) is 6.94. The molecule has 11 heavy (non-hydrogen) atoms. The third kappa shape index (κ3) is 2.08. The molecule has 0 N–H and O–H groups in total. The minimum atomic E-state index is 2.00. The van der Waals surface area contributed by atoms with Crippen molar-refractivity contribution in [3.05, 3.63) is 30.9 Å². The average Bonchev–Trinajstić information content (AvgIpc) is 2.38. The highest BCUT2D eigenvalue weighted by molar-refractivity contribution is 5.19. The van der Waals surface area contributed by atoms with Gasteiger partial charge in [-0.3, -0.25) is 0 Å². The van der Waals surface area contributed by atoms with Gasteiger partial charge in [-0.15, -0.1) is 0 Å². The van der Waals surface area contributed by atoms with Gasteiger partial charge in [0.05, 0.1) is 12.4 Å². The number of rotatable bonds is 2. The second kappa shape index (κ2) is 3.76. The fraction of sp³-hybridized carbons (Fsp3) is 0.222. The lowest BCUT2D eigenvalue weighted by molar-refractivity contribution is -0.567. The molecule has 0 aliphatic heterocycles. The molecular formula is C9H13N2+. The largest absolute Gasteiger partial charge is 0.253 e. The van der Waals surface area contributed by atoms with E-state index in [0.29, 0.717) is 0 Å². The molecule has 0 aliphatic rings. The Morgan fingerprint density at radius 3 is 2.73 bits per heavy atom. The van der Waals surface area contributed by atoms with Gasteiger partial charge in [0.25, 0.3) is 6.33 Å². The quantitative estimate of drug-likeness (QED) is 0.566. The molecule has 1 rings (SSSR count). The molecule has 0 fully saturated rings. The molecule has 1 aromatic heterocycles. The molecule has 58 valence electrons. The summed E-state index contributed by atoms with van der Waals surface area (Å²) < 4.78 is 4.00. The Labute approximate surface area is 67.1 Å². The van der Waals surface area contributed by atoms with Crippen molar-refractivity contribution in [2.75, 3.05) is 0 Å². The molecule has 0 saturated heterocycles. The van der Waals surface area contributed by atoms with Crippen LogP contribution in [0.1, 0.15) is 13.8 Å². The molecule has 0 atom stereocenters. The van der Waals surface area contributed by atoms with E-state index in [-0.39, 0.29) is 0 Å². The first kappa shape index (κ1) is 7.79. The molecule has 0 aliphatic carbocycles. The van der Waals surface area contributed by atoms with Crippen LogP contribution in [-0.4, -0.2) is 4.57 Å². The van der Waals surface area contributed by atoms with Crippen LogP contribution in [0.5, 0.6) is 0 Å². The first-order valence-electron chi connectivity index (χ1n) is 3.70. The van der Waals surface area contributed by atoms with Crippen LogP contribution in [0.15, 0.2) is 30.9 Å². The van der Waals surface area contributed by atoms with Crippen LogP contribution >= 0.6 is 0 Å². The summed E-state index contributed by atoms with van der Waals surface area (Å²) in [6, 6.07) is 0. The molecule has 2 nitrogen and oxygen atoms in total. The molecular weight excluding hydrogens is 136 g/mol. The fourth-order valence-electron chi connectivity index (χ4n) is 0.906. The predicted molar refractivity (Wildman–Crippen MR) is 46.6 cm³/mol. The molecule has 1 aromatic rings. The Morgan fingerprint density at radius 1 is 1.27 bits per heavy atom. The van der Waals surface area contributed by atoms with Crippen LogP contribution in [-0.2, 0) is 0 Å². The van der Waals surface area contributed by atoms with Gasteiger partial charge in [-0.05, 0) is 26.0 Å². The molecule has 1 heterocycles. The lowest BCUT2D eigenvalue weighted by Crippen LogP contribution is -2.21. The van der Waals surface area contributed by atoms with Crippen molar-refractivity contribution in [2.24, 2.45) is 0 Å². The third-order valence-corrected chi connectivity index (χ3v) is 1.32. The van der Waals surface area contributed by atoms with Gasteiger partial charge >= 0.3 is 0 Å². The maximum atomic E-state index is 2.00. The van der Waals surface area contributed by atoms with E-state index in [9.17, 15) is 0 Å². The van der Waals surface area contributed by atoms with Gasteiger partial charge in [-0.2, -0.15) is 0 Å². The zero-order chi connectivity index (χ0) is 8.10. The molecule has 0 bridgehead atoms. The molecule has 2 heteroatoms. The van der Waals surface area contributed by atoms with E-state index in [1.807, 2.05) is 66.3 Å². The predicted octanol–water partition coefficient (Wildman–Crippen LogP) is 1.76. The minimum absolute atomic E-state index is 2.00. The molecule has 0 radical (unpaired) electrons. The summed E-state index contributed by atoms with van der Waals surface area (Å²) in [4.78, 5) is 0. The summed E-state index contributed by atoms with van der Waals surface area (Å²) in [6.45, 7) is 4.00. The van der Waals surface area contributed by atoms with Gasteiger partial charge in [0.15, 0.2) is 0 Å². The van der Waals surface area contributed by atoms with Gasteiger partial charge in [-0.1, -0.05) is 0 Å². The zero-order valence-electron chi connectivity index (χ0n) is 6.94. The van der Waals surface area contributed by atoms with Gasteiger partial charge in [0, 0.05) is 0 Å². The topological polar surface area (TPSA) is 8.81 Å². The summed E-state index contributed by atoms with van der Waals surface area (Å²) in [5.74, 6) is 0. The van der Waals surface area contributed by atoms with Crippen molar-refractivity contribution < 1.29 is 4.57 Å². The number of hydrogen-bond donors (Lipinski definition) is 0. The lowest BCUT2D eigenvalue weighted by Gasteiger charge is -1.79. The summed E-state index contributed by atoms with van der Waals surface area (Å²) in [5, 5.41) is 0. The van der Waals surface area contributed by atoms with Crippen LogP contribution in [0, 0.1) is 0 Å². The molecule has 0 unspecified atom stereocenters. The van der Waals surface area contributed by atoms with Crippen LogP contribution in [0.25, 0.3) is 12.4 Å².